The number of nitrogens with two attached hydrogens (primary N) is 1. The maximum absolute atomic E-state index is 12.6. The predicted molar refractivity (Wildman–Crippen MR) is 123 cm³/mol. The molecule has 1 fully saturated rings. The number of carbonyl (C=O) groups is 1. The van der Waals surface area contributed by atoms with E-state index in [2.05, 4.69) is 4.90 Å². The zero-order valence-electron chi connectivity index (χ0n) is 18.4. The maximum atomic E-state index is 12.6. The molecule has 1 aromatic carbocycles. The molecule has 2 rings (SSSR count). The number of nitrogens with one attached hydrogen (secondary N) is 1. The summed E-state index contributed by atoms with van der Waals surface area (Å²) in [7, 11) is 0. The van der Waals surface area contributed by atoms with Gasteiger partial charge in [-0.15, -0.1) is 23.2 Å². The molecule has 170 valence electrons. The number of benzene rings is 1. The third-order valence-corrected chi connectivity index (χ3v) is 6.09. The van der Waals surface area contributed by atoms with Crippen LogP contribution in [0.3, 0.4) is 0 Å². The minimum atomic E-state index is -0.749. The Labute approximate surface area is 190 Å². The van der Waals surface area contributed by atoms with Gasteiger partial charge in [0, 0.05) is 43.4 Å². The van der Waals surface area contributed by atoms with E-state index in [0.717, 1.165) is 24.3 Å². The van der Waals surface area contributed by atoms with E-state index in [-0.39, 0.29) is 11.2 Å². The van der Waals surface area contributed by atoms with E-state index in [9.17, 15) is 10.0 Å². The molecule has 30 heavy (non-hydrogen) atoms. The van der Waals surface area contributed by atoms with Gasteiger partial charge in [-0.25, -0.2) is 0 Å². The number of halogens is 2. The van der Waals surface area contributed by atoms with Crippen molar-refractivity contribution in [3.63, 3.8) is 0 Å². The summed E-state index contributed by atoms with van der Waals surface area (Å²) in [5.74, 6) is 0.627. The summed E-state index contributed by atoms with van der Waals surface area (Å²) < 4.78 is 5.72. The fraction of sp³-hybridized carbons (Fsp3) is 0.682. The highest BCUT2D eigenvalue weighted by molar-refractivity contribution is 6.18. The molecule has 6 nitrogen and oxygen atoms in total. The summed E-state index contributed by atoms with van der Waals surface area (Å²) in [5, 5.41) is 12.8. The molecule has 0 spiro atoms. The number of quaternary nitrogens is 1. The van der Waals surface area contributed by atoms with Crippen molar-refractivity contribution in [2.75, 3.05) is 29.7 Å². The zero-order valence-corrected chi connectivity index (χ0v) is 19.9. The lowest BCUT2D eigenvalue weighted by atomic mass is 9.80. The molecule has 0 aliphatic carbocycles. The fourth-order valence-corrected chi connectivity index (χ4v) is 4.81. The summed E-state index contributed by atoms with van der Waals surface area (Å²) in [6, 6.07) is 7.16. The number of hydrogen-bond acceptors (Lipinski definition) is 5. The number of alkyl halides is 2. The quantitative estimate of drug-likeness (QED) is 0.336. The lowest BCUT2D eigenvalue weighted by Crippen LogP contribution is -3.23. The molecular weight excluding hydrogens is 425 g/mol. The number of hydroxylamine groups is 2. The molecule has 0 saturated carbocycles. The van der Waals surface area contributed by atoms with Gasteiger partial charge in [-0.05, 0) is 51.8 Å². The smallest absolute Gasteiger partial charge is 0.323 e. The Morgan fingerprint density at radius 1 is 1.17 bits per heavy atom. The van der Waals surface area contributed by atoms with E-state index < -0.39 is 23.1 Å². The van der Waals surface area contributed by atoms with Crippen LogP contribution in [0.1, 0.15) is 46.1 Å². The van der Waals surface area contributed by atoms with Crippen LogP contribution in [0, 0.1) is 5.21 Å². The van der Waals surface area contributed by atoms with Gasteiger partial charge in [0.25, 0.3) is 0 Å². The predicted octanol–water partition coefficient (Wildman–Crippen LogP) is 2.49. The second kappa shape index (κ2) is 10.5. The number of carbonyl (C=O) groups excluding carboxylic acids is 1. The largest absolute Gasteiger partial charge is 0.634 e. The number of esters is 1. The molecule has 1 aromatic rings. The van der Waals surface area contributed by atoms with Gasteiger partial charge < -0.3 is 25.6 Å². The molecule has 0 bridgehead atoms. The Morgan fingerprint density at radius 2 is 1.67 bits per heavy atom. The summed E-state index contributed by atoms with van der Waals surface area (Å²) in [6.45, 7) is 9.09. The van der Waals surface area contributed by atoms with Gasteiger partial charge in [0.1, 0.15) is 12.1 Å². The molecule has 1 atom stereocenters. The number of anilines is 1. The van der Waals surface area contributed by atoms with Crippen molar-refractivity contribution >= 4 is 34.9 Å². The Bertz CT molecular complexity index is 673. The van der Waals surface area contributed by atoms with Crippen molar-refractivity contribution in [2.24, 2.45) is 5.73 Å². The molecule has 1 unspecified atom stereocenters. The number of hydrogen-bond donors (Lipinski definition) is 2. The van der Waals surface area contributed by atoms with Crippen LogP contribution in [-0.2, 0) is 16.0 Å². The molecular formula is C22H35Cl2N3O3. The Balaban J connectivity index is 1.96. The van der Waals surface area contributed by atoms with Crippen LogP contribution in [0.2, 0.25) is 0 Å². The van der Waals surface area contributed by atoms with Crippen molar-refractivity contribution in [3.8, 4) is 0 Å². The molecule has 1 heterocycles. The van der Waals surface area contributed by atoms with Gasteiger partial charge in [0.2, 0.25) is 0 Å². The van der Waals surface area contributed by atoms with Crippen LogP contribution in [-0.4, -0.2) is 54.0 Å². The van der Waals surface area contributed by atoms with Crippen LogP contribution in [0.4, 0.5) is 5.69 Å². The minimum Gasteiger partial charge on any atom is -0.634 e. The van der Waals surface area contributed by atoms with E-state index in [1.54, 1.807) is 0 Å². The average molecular weight is 460 g/mol. The molecule has 0 amide bonds. The Hall–Kier alpha value is -1.05. The van der Waals surface area contributed by atoms with Crippen molar-refractivity contribution in [1.29, 1.82) is 0 Å². The second-order valence-corrected chi connectivity index (χ2v) is 10.2. The van der Waals surface area contributed by atoms with Gasteiger partial charge in [-0.1, -0.05) is 12.1 Å². The van der Waals surface area contributed by atoms with Gasteiger partial charge in [-0.3, -0.25) is 4.79 Å². The molecule has 8 heteroatoms. The highest BCUT2D eigenvalue weighted by Crippen LogP contribution is 2.26. The lowest BCUT2D eigenvalue weighted by molar-refractivity contribution is -0.956. The lowest BCUT2D eigenvalue weighted by Gasteiger charge is -2.54. The topological polar surface area (TPSA) is 83.1 Å². The first-order valence-corrected chi connectivity index (χ1v) is 11.5. The van der Waals surface area contributed by atoms with E-state index in [4.69, 9.17) is 33.7 Å². The van der Waals surface area contributed by atoms with Gasteiger partial charge in [-0.2, -0.15) is 0 Å². The van der Waals surface area contributed by atoms with E-state index >= 15 is 0 Å². The van der Waals surface area contributed by atoms with Gasteiger partial charge >= 0.3 is 5.97 Å². The van der Waals surface area contributed by atoms with Gasteiger partial charge in [0.15, 0.2) is 0 Å². The van der Waals surface area contributed by atoms with E-state index in [0.29, 0.717) is 31.0 Å². The first kappa shape index (κ1) is 25.2. The number of piperidine rings is 1. The van der Waals surface area contributed by atoms with Gasteiger partial charge in [0.05, 0.1) is 11.1 Å². The van der Waals surface area contributed by atoms with Crippen molar-refractivity contribution in [3.05, 3.63) is 35.0 Å². The van der Waals surface area contributed by atoms with Crippen LogP contribution < -0.4 is 15.7 Å². The SMILES string of the molecule is CC1(C)CC(OC(=O)C(N)Cc2ccc(N(CCCl)CCCl)cc2)CC(C)(C)[NH+]1[O-]. The second-order valence-electron chi connectivity index (χ2n) is 9.41. The molecule has 0 radical (unpaired) electrons. The molecule has 3 N–H and O–H groups in total. The monoisotopic (exact) mass is 459 g/mol. The van der Waals surface area contributed by atoms with E-state index in [1.165, 1.54) is 0 Å². The summed E-state index contributed by atoms with van der Waals surface area (Å²) in [4.78, 5) is 14.7. The Kier molecular flexibility index (Phi) is 8.83. The summed E-state index contributed by atoms with van der Waals surface area (Å²) >= 11 is 11.7. The maximum Gasteiger partial charge on any atom is 0.323 e. The first-order valence-electron chi connectivity index (χ1n) is 10.5. The standard InChI is InChI=1S/C22H35Cl2N3O3/c1-21(2)14-18(15-22(3,4)27(21)29)30-20(28)19(25)13-16-5-7-17(8-6-16)26(11-9-23)12-10-24/h5-8,18-19,27H,9-15,25H2,1-4H3. The fourth-order valence-electron chi connectivity index (χ4n) is 4.40. The Morgan fingerprint density at radius 3 is 2.13 bits per heavy atom. The average Bonchev–Trinajstić information content (AvgIpc) is 2.66. The normalized spacial score (nSPS) is 23.6. The highest BCUT2D eigenvalue weighted by atomic mass is 35.5. The third kappa shape index (κ3) is 6.47. The highest BCUT2D eigenvalue weighted by Gasteiger charge is 2.46. The number of nitrogens with zero attached hydrogens (tertiary/aromatic N) is 1. The summed E-state index contributed by atoms with van der Waals surface area (Å²) in [5.41, 5.74) is 7.11. The first-order chi connectivity index (χ1) is 14.0. The third-order valence-electron chi connectivity index (χ3n) is 5.76. The molecule has 1 aliphatic heterocycles. The molecule has 1 saturated heterocycles. The minimum absolute atomic E-state index is 0.212. The van der Waals surface area contributed by atoms with Crippen LogP contribution in [0.15, 0.2) is 24.3 Å². The zero-order chi connectivity index (χ0) is 22.5. The van der Waals surface area contributed by atoms with Crippen molar-refractivity contribution in [1.82, 2.24) is 0 Å². The number of ether oxygens (including phenoxy) is 1. The molecule has 1 aliphatic rings. The van der Waals surface area contributed by atoms with Crippen LogP contribution >= 0.6 is 23.2 Å². The van der Waals surface area contributed by atoms with E-state index in [1.807, 2.05) is 52.0 Å². The number of rotatable bonds is 9. The van der Waals surface area contributed by atoms with Crippen molar-refractivity contribution < 1.29 is 14.6 Å². The van der Waals surface area contributed by atoms with Crippen LogP contribution in [0.5, 0.6) is 0 Å². The van der Waals surface area contributed by atoms with Crippen molar-refractivity contribution in [2.45, 2.75) is 70.2 Å². The molecule has 0 aromatic heterocycles. The summed E-state index contributed by atoms with van der Waals surface area (Å²) in [6.07, 6.45) is 1.15. The van der Waals surface area contributed by atoms with Crippen LogP contribution in [0.25, 0.3) is 0 Å².